The molecule has 1 fully saturated rings. The van der Waals surface area contributed by atoms with Crippen LogP contribution >= 0.6 is 0 Å². The number of rotatable bonds is 6. The molecule has 2 rings (SSSR count). The zero-order valence-corrected chi connectivity index (χ0v) is 9.85. The Morgan fingerprint density at radius 3 is 3.31 bits per heavy atom. The SMILES string of the molecule is CCCn1ncnc1CNCC1CCOC1. The first-order chi connectivity index (χ1) is 7.90. The average Bonchev–Trinajstić information content (AvgIpc) is 2.91. The van der Waals surface area contributed by atoms with E-state index in [1.54, 1.807) is 6.33 Å². The number of nitrogens with zero attached hydrogens (tertiary/aromatic N) is 3. The second-order valence-corrected chi connectivity index (χ2v) is 4.26. The van der Waals surface area contributed by atoms with Gasteiger partial charge >= 0.3 is 0 Å². The van der Waals surface area contributed by atoms with Gasteiger partial charge in [-0.25, -0.2) is 9.67 Å². The van der Waals surface area contributed by atoms with Crippen LogP contribution in [0.5, 0.6) is 0 Å². The Morgan fingerprint density at radius 2 is 2.56 bits per heavy atom. The van der Waals surface area contributed by atoms with Crippen molar-refractivity contribution >= 4 is 0 Å². The number of hydrogen-bond acceptors (Lipinski definition) is 4. The molecule has 0 aromatic carbocycles. The third-order valence-electron chi connectivity index (χ3n) is 2.87. The maximum Gasteiger partial charge on any atom is 0.140 e. The van der Waals surface area contributed by atoms with Gasteiger partial charge in [0.2, 0.25) is 0 Å². The van der Waals surface area contributed by atoms with Gasteiger partial charge in [0, 0.05) is 19.7 Å². The fourth-order valence-corrected chi connectivity index (χ4v) is 1.96. The van der Waals surface area contributed by atoms with Crippen LogP contribution in [0.2, 0.25) is 0 Å². The van der Waals surface area contributed by atoms with Crippen LogP contribution in [0.4, 0.5) is 0 Å². The monoisotopic (exact) mass is 224 g/mol. The molecular formula is C11H20N4O. The highest BCUT2D eigenvalue weighted by Crippen LogP contribution is 2.10. The van der Waals surface area contributed by atoms with Gasteiger partial charge in [-0.1, -0.05) is 6.92 Å². The molecule has 1 atom stereocenters. The van der Waals surface area contributed by atoms with Crippen molar-refractivity contribution < 1.29 is 4.74 Å². The Balaban J connectivity index is 1.73. The van der Waals surface area contributed by atoms with E-state index in [0.29, 0.717) is 5.92 Å². The van der Waals surface area contributed by atoms with Gasteiger partial charge in [-0.3, -0.25) is 0 Å². The topological polar surface area (TPSA) is 52.0 Å². The highest BCUT2D eigenvalue weighted by atomic mass is 16.5. The molecule has 1 aromatic heterocycles. The van der Waals surface area contributed by atoms with Crippen molar-refractivity contribution in [2.45, 2.75) is 32.9 Å². The van der Waals surface area contributed by atoms with E-state index in [4.69, 9.17) is 4.74 Å². The van der Waals surface area contributed by atoms with E-state index < -0.39 is 0 Å². The van der Waals surface area contributed by atoms with Gasteiger partial charge in [0.1, 0.15) is 12.2 Å². The van der Waals surface area contributed by atoms with Crippen molar-refractivity contribution in [2.75, 3.05) is 19.8 Å². The van der Waals surface area contributed by atoms with Crippen LogP contribution in [0.1, 0.15) is 25.6 Å². The predicted octanol–water partition coefficient (Wildman–Crippen LogP) is 0.814. The summed E-state index contributed by atoms with van der Waals surface area (Å²) in [5.41, 5.74) is 0. The number of aromatic nitrogens is 3. The summed E-state index contributed by atoms with van der Waals surface area (Å²) in [4.78, 5) is 4.26. The second-order valence-electron chi connectivity index (χ2n) is 4.26. The molecule has 0 saturated carbocycles. The molecule has 90 valence electrons. The van der Waals surface area contributed by atoms with Crippen LogP contribution in [0.3, 0.4) is 0 Å². The normalized spacial score (nSPS) is 20.4. The summed E-state index contributed by atoms with van der Waals surface area (Å²) in [6.45, 7) is 6.72. The molecule has 0 amide bonds. The predicted molar refractivity (Wildman–Crippen MR) is 60.9 cm³/mol. The van der Waals surface area contributed by atoms with Crippen LogP contribution in [0.25, 0.3) is 0 Å². The van der Waals surface area contributed by atoms with E-state index >= 15 is 0 Å². The number of ether oxygens (including phenoxy) is 1. The summed E-state index contributed by atoms with van der Waals surface area (Å²) in [5.74, 6) is 1.70. The molecule has 16 heavy (non-hydrogen) atoms. The third kappa shape index (κ3) is 3.02. The van der Waals surface area contributed by atoms with E-state index in [0.717, 1.165) is 45.1 Å². The Kier molecular flexibility index (Phi) is 4.30. The van der Waals surface area contributed by atoms with Gasteiger partial charge in [0.15, 0.2) is 0 Å². The first-order valence-corrected chi connectivity index (χ1v) is 6.05. The summed E-state index contributed by atoms with van der Waals surface area (Å²) in [7, 11) is 0. The first-order valence-electron chi connectivity index (χ1n) is 6.05. The Hall–Kier alpha value is -0.940. The molecular weight excluding hydrogens is 204 g/mol. The summed E-state index contributed by atoms with van der Waals surface area (Å²) in [5, 5.41) is 7.62. The van der Waals surface area contributed by atoms with Gasteiger partial charge in [-0.2, -0.15) is 5.10 Å². The minimum absolute atomic E-state index is 0.669. The van der Waals surface area contributed by atoms with Crippen molar-refractivity contribution in [1.82, 2.24) is 20.1 Å². The van der Waals surface area contributed by atoms with E-state index in [1.807, 2.05) is 4.68 Å². The van der Waals surface area contributed by atoms with Crippen LogP contribution in [0.15, 0.2) is 6.33 Å². The molecule has 1 aromatic rings. The van der Waals surface area contributed by atoms with Crippen LogP contribution in [-0.2, 0) is 17.8 Å². The van der Waals surface area contributed by atoms with Crippen molar-refractivity contribution in [3.05, 3.63) is 12.2 Å². The lowest BCUT2D eigenvalue weighted by Crippen LogP contribution is -2.24. The zero-order valence-electron chi connectivity index (χ0n) is 9.85. The Bertz CT molecular complexity index is 307. The van der Waals surface area contributed by atoms with Crippen molar-refractivity contribution in [1.29, 1.82) is 0 Å². The Morgan fingerprint density at radius 1 is 1.62 bits per heavy atom. The summed E-state index contributed by atoms with van der Waals surface area (Å²) in [6, 6.07) is 0. The largest absolute Gasteiger partial charge is 0.381 e. The minimum Gasteiger partial charge on any atom is -0.381 e. The summed E-state index contributed by atoms with van der Waals surface area (Å²) in [6.07, 6.45) is 3.90. The third-order valence-corrected chi connectivity index (χ3v) is 2.87. The van der Waals surface area contributed by atoms with Gasteiger partial charge in [-0.15, -0.1) is 0 Å². The van der Waals surface area contributed by atoms with Gasteiger partial charge < -0.3 is 10.1 Å². The van der Waals surface area contributed by atoms with E-state index in [9.17, 15) is 0 Å². The minimum atomic E-state index is 0.669. The molecule has 2 heterocycles. The fraction of sp³-hybridized carbons (Fsp3) is 0.818. The van der Waals surface area contributed by atoms with Crippen molar-refractivity contribution in [2.24, 2.45) is 5.92 Å². The first kappa shape index (κ1) is 11.5. The highest BCUT2D eigenvalue weighted by Gasteiger charge is 2.15. The lowest BCUT2D eigenvalue weighted by Gasteiger charge is -2.09. The lowest BCUT2D eigenvalue weighted by atomic mass is 10.1. The maximum atomic E-state index is 5.33. The molecule has 1 unspecified atom stereocenters. The second kappa shape index (κ2) is 5.96. The summed E-state index contributed by atoms with van der Waals surface area (Å²) >= 11 is 0. The summed E-state index contributed by atoms with van der Waals surface area (Å²) < 4.78 is 7.30. The van der Waals surface area contributed by atoms with Gasteiger partial charge in [-0.05, 0) is 18.8 Å². The number of aryl methyl sites for hydroxylation is 1. The molecule has 1 aliphatic heterocycles. The van der Waals surface area contributed by atoms with Crippen molar-refractivity contribution in [3.8, 4) is 0 Å². The zero-order chi connectivity index (χ0) is 11.2. The van der Waals surface area contributed by atoms with E-state index in [2.05, 4.69) is 22.3 Å². The lowest BCUT2D eigenvalue weighted by molar-refractivity contribution is 0.185. The highest BCUT2D eigenvalue weighted by molar-refractivity contribution is 4.84. The fourth-order valence-electron chi connectivity index (χ4n) is 1.96. The molecule has 5 nitrogen and oxygen atoms in total. The molecule has 1 saturated heterocycles. The Labute approximate surface area is 96.2 Å². The molecule has 1 N–H and O–H groups in total. The molecule has 0 radical (unpaired) electrons. The van der Waals surface area contributed by atoms with Crippen LogP contribution < -0.4 is 5.32 Å². The molecule has 1 aliphatic rings. The van der Waals surface area contributed by atoms with E-state index in [-0.39, 0.29) is 0 Å². The quantitative estimate of drug-likeness (QED) is 0.777. The number of hydrogen-bond donors (Lipinski definition) is 1. The average molecular weight is 224 g/mol. The molecule has 0 aliphatic carbocycles. The van der Waals surface area contributed by atoms with Crippen molar-refractivity contribution in [3.63, 3.8) is 0 Å². The standard InChI is InChI=1S/C11H20N4O/c1-2-4-15-11(13-9-14-15)7-12-6-10-3-5-16-8-10/h9-10,12H,2-8H2,1H3. The number of nitrogens with one attached hydrogen (secondary N) is 1. The smallest absolute Gasteiger partial charge is 0.140 e. The van der Waals surface area contributed by atoms with E-state index in [1.165, 1.54) is 6.42 Å². The molecule has 0 spiro atoms. The van der Waals surface area contributed by atoms with Crippen LogP contribution in [-0.4, -0.2) is 34.5 Å². The molecule has 5 heteroatoms. The van der Waals surface area contributed by atoms with Gasteiger partial charge in [0.05, 0.1) is 13.2 Å². The maximum absolute atomic E-state index is 5.33. The van der Waals surface area contributed by atoms with Crippen LogP contribution in [0, 0.1) is 5.92 Å². The molecule has 0 bridgehead atoms. The van der Waals surface area contributed by atoms with Gasteiger partial charge in [0.25, 0.3) is 0 Å².